The van der Waals surface area contributed by atoms with Gasteiger partial charge in [-0.05, 0) is 31.0 Å². The SMILES string of the molecule is O=C1CCCc2nc(-c3cc(Cl)ccc3Br)sc21. The molecule has 2 nitrogen and oxygen atoms in total. The average Bonchev–Trinajstić information content (AvgIpc) is 2.77. The van der Waals surface area contributed by atoms with Crippen LogP contribution in [0, 0.1) is 0 Å². The molecule has 0 spiro atoms. The Morgan fingerprint density at radius 2 is 2.17 bits per heavy atom. The highest BCUT2D eigenvalue weighted by atomic mass is 79.9. The van der Waals surface area contributed by atoms with Crippen LogP contribution in [0.3, 0.4) is 0 Å². The standard InChI is InChI=1S/C13H9BrClNOS/c14-9-5-4-7(15)6-8(9)13-16-10-2-1-3-11(17)12(10)18-13/h4-6H,1-3H2. The number of carbonyl (C=O) groups excluding carboxylic acids is 1. The summed E-state index contributed by atoms with van der Waals surface area (Å²) < 4.78 is 0.949. The first-order valence-corrected chi connectivity index (χ1v) is 7.62. The van der Waals surface area contributed by atoms with Gasteiger partial charge in [0.05, 0.1) is 10.6 Å². The van der Waals surface area contributed by atoms with Crippen molar-refractivity contribution in [3.63, 3.8) is 0 Å². The molecule has 1 aromatic carbocycles. The van der Waals surface area contributed by atoms with Crippen LogP contribution in [0.1, 0.15) is 28.2 Å². The molecule has 0 bridgehead atoms. The highest BCUT2D eigenvalue weighted by molar-refractivity contribution is 9.10. The normalized spacial score (nSPS) is 14.7. The van der Waals surface area contributed by atoms with Crippen molar-refractivity contribution in [2.45, 2.75) is 19.3 Å². The van der Waals surface area contributed by atoms with E-state index in [-0.39, 0.29) is 5.78 Å². The number of Topliss-reactive ketones (excluding diaryl/α,β-unsaturated/α-hetero) is 1. The number of hydrogen-bond acceptors (Lipinski definition) is 3. The lowest BCUT2D eigenvalue weighted by Gasteiger charge is -2.06. The molecule has 0 unspecified atom stereocenters. The Bertz CT molecular complexity index is 638. The fourth-order valence-corrected chi connectivity index (χ4v) is 3.89. The van der Waals surface area contributed by atoms with Gasteiger partial charge in [-0.25, -0.2) is 4.98 Å². The van der Waals surface area contributed by atoms with Crippen LogP contribution >= 0.6 is 38.9 Å². The van der Waals surface area contributed by atoms with E-state index >= 15 is 0 Å². The van der Waals surface area contributed by atoms with Gasteiger partial charge in [-0.2, -0.15) is 0 Å². The third kappa shape index (κ3) is 2.13. The lowest BCUT2D eigenvalue weighted by molar-refractivity contribution is 0.0976. The van der Waals surface area contributed by atoms with E-state index in [1.165, 1.54) is 11.3 Å². The molecule has 1 aliphatic rings. The number of hydrogen-bond donors (Lipinski definition) is 0. The Kier molecular flexibility index (Phi) is 3.26. The summed E-state index contributed by atoms with van der Waals surface area (Å²) >= 11 is 11.0. The maximum Gasteiger partial charge on any atom is 0.174 e. The van der Waals surface area contributed by atoms with Crippen molar-refractivity contribution >= 4 is 44.7 Å². The Morgan fingerprint density at radius 3 is 2.94 bits per heavy atom. The van der Waals surface area contributed by atoms with Crippen LogP contribution < -0.4 is 0 Å². The van der Waals surface area contributed by atoms with Gasteiger partial charge in [-0.1, -0.05) is 27.5 Å². The monoisotopic (exact) mass is 341 g/mol. The minimum absolute atomic E-state index is 0.221. The molecule has 5 heteroatoms. The Labute approximate surface area is 122 Å². The van der Waals surface area contributed by atoms with Crippen molar-refractivity contribution in [3.8, 4) is 10.6 Å². The van der Waals surface area contributed by atoms with Crippen molar-refractivity contribution in [2.24, 2.45) is 0 Å². The van der Waals surface area contributed by atoms with Crippen LogP contribution in [-0.4, -0.2) is 10.8 Å². The first kappa shape index (κ1) is 12.3. The Hall–Kier alpha value is -0.710. The quantitative estimate of drug-likeness (QED) is 0.749. The summed E-state index contributed by atoms with van der Waals surface area (Å²) in [4.78, 5) is 17.2. The summed E-state index contributed by atoms with van der Waals surface area (Å²) in [6, 6.07) is 5.61. The lowest BCUT2D eigenvalue weighted by Crippen LogP contribution is -2.07. The molecular weight excluding hydrogens is 334 g/mol. The minimum atomic E-state index is 0.221. The molecule has 18 heavy (non-hydrogen) atoms. The molecule has 0 fully saturated rings. The van der Waals surface area contributed by atoms with E-state index in [4.69, 9.17) is 11.6 Å². The van der Waals surface area contributed by atoms with E-state index in [0.717, 1.165) is 38.5 Å². The Morgan fingerprint density at radius 1 is 1.33 bits per heavy atom. The number of halogens is 2. The van der Waals surface area contributed by atoms with E-state index in [9.17, 15) is 4.79 Å². The first-order chi connectivity index (χ1) is 8.65. The number of aryl methyl sites for hydroxylation is 1. The van der Waals surface area contributed by atoms with Crippen molar-refractivity contribution in [1.29, 1.82) is 0 Å². The number of fused-ring (bicyclic) bond motifs is 1. The third-order valence-electron chi connectivity index (χ3n) is 2.93. The number of rotatable bonds is 1. The second-order valence-electron chi connectivity index (χ2n) is 4.20. The van der Waals surface area contributed by atoms with Gasteiger partial charge in [0.15, 0.2) is 5.78 Å². The van der Waals surface area contributed by atoms with E-state index in [2.05, 4.69) is 20.9 Å². The number of benzene rings is 1. The molecule has 0 N–H and O–H groups in total. The van der Waals surface area contributed by atoms with Crippen molar-refractivity contribution in [3.05, 3.63) is 38.3 Å². The van der Waals surface area contributed by atoms with Crippen LogP contribution in [0.5, 0.6) is 0 Å². The molecule has 1 heterocycles. The van der Waals surface area contributed by atoms with Gasteiger partial charge in [0.1, 0.15) is 5.01 Å². The fourth-order valence-electron chi connectivity index (χ4n) is 2.05. The minimum Gasteiger partial charge on any atom is -0.293 e. The maximum absolute atomic E-state index is 11.8. The number of carbonyl (C=O) groups is 1. The predicted molar refractivity (Wildman–Crippen MR) is 77.5 cm³/mol. The van der Waals surface area contributed by atoms with Crippen LogP contribution in [0.2, 0.25) is 5.02 Å². The summed E-state index contributed by atoms with van der Waals surface area (Å²) in [5.41, 5.74) is 1.90. The molecule has 92 valence electrons. The summed E-state index contributed by atoms with van der Waals surface area (Å²) in [5, 5.41) is 1.54. The molecule has 0 aliphatic heterocycles. The third-order valence-corrected chi connectivity index (χ3v) is 5.03. The molecular formula is C13H9BrClNOS. The second-order valence-corrected chi connectivity index (χ2v) is 6.49. The van der Waals surface area contributed by atoms with E-state index in [1.54, 1.807) is 0 Å². The van der Waals surface area contributed by atoms with E-state index in [0.29, 0.717) is 11.4 Å². The second kappa shape index (κ2) is 4.76. The molecule has 0 saturated carbocycles. The molecule has 0 amide bonds. The van der Waals surface area contributed by atoms with Gasteiger partial charge >= 0.3 is 0 Å². The summed E-state index contributed by atoms with van der Waals surface area (Å²) in [7, 11) is 0. The zero-order chi connectivity index (χ0) is 12.7. The van der Waals surface area contributed by atoms with E-state index < -0.39 is 0 Å². The number of thiazole rings is 1. The topological polar surface area (TPSA) is 30.0 Å². The van der Waals surface area contributed by atoms with Crippen molar-refractivity contribution < 1.29 is 4.79 Å². The fraction of sp³-hybridized carbons (Fsp3) is 0.231. The lowest BCUT2D eigenvalue weighted by atomic mass is 10.0. The largest absolute Gasteiger partial charge is 0.293 e. The number of nitrogens with zero attached hydrogens (tertiary/aromatic N) is 1. The molecule has 1 aromatic heterocycles. The summed E-state index contributed by atoms with van der Waals surface area (Å²) in [5.74, 6) is 0.221. The van der Waals surface area contributed by atoms with Gasteiger partial charge in [0.2, 0.25) is 0 Å². The molecule has 0 atom stereocenters. The molecule has 2 aromatic rings. The predicted octanol–water partition coefficient (Wildman–Crippen LogP) is 4.75. The molecule has 0 radical (unpaired) electrons. The van der Waals surface area contributed by atoms with Crippen molar-refractivity contribution in [1.82, 2.24) is 4.98 Å². The molecule has 3 rings (SSSR count). The van der Waals surface area contributed by atoms with Crippen LogP contribution in [0.15, 0.2) is 22.7 Å². The van der Waals surface area contributed by atoms with E-state index in [1.807, 2.05) is 18.2 Å². The number of aromatic nitrogens is 1. The summed E-state index contributed by atoms with van der Waals surface area (Å²) in [6.45, 7) is 0. The summed E-state index contributed by atoms with van der Waals surface area (Å²) in [6.07, 6.45) is 2.45. The van der Waals surface area contributed by atoms with Crippen LogP contribution in [-0.2, 0) is 6.42 Å². The van der Waals surface area contributed by atoms with Crippen LogP contribution in [0.4, 0.5) is 0 Å². The first-order valence-electron chi connectivity index (χ1n) is 5.63. The van der Waals surface area contributed by atoms with Gasteiger partial charge in [-0.3, -0.25) is 4.79 Å². The molecule has 1 aliphatic carbocycles. The highest BCUT2D eigenvalue weighted by Crippen LogP contribution is 2.37. The zero-order valence-electron chi connectivity index (χ0n) is 9.37. The smallest absolute Gasteiger partial charge is 0.174 e. The number of ketones is 1. The Balaban J connectivity index is 2.13. The molecule has 0 saturated heterocycles. The van der Waals surface area contributed by atoms with Crippen LogP contribution in [0.25, 0.3) is 10.6 Å². The van der Waals surface area contributed by atoms with Gasteiger partial charge < -0.3 is 0 Å². The average molecular weight is 343 g/mol. The highest BCUT2D eigenvalue weighted by Gasteiger charge is 2.23. The van der Waals surface area contributed by atoms with Gasteiger partial charge in [0, 0.05) is 21.5 Å². The van der Waals surface area contributed by atoms with Gasteiger partial charge in [0.25, 0.3) is 0 Å². The zero-order valence-corrected chi connectivity index (χ0v) is 12.5. The van der Waals surface area contributed by atoms with Gasteiger partial charge in [-0.15, -0.1) is 11.3 Å². The van der Waals surface area contributed by atoms with Crippen molar-refractivity contribution in [2.75, 3.05) is 0 Å². The maximum atomic E-state index is 11.8.